The zero-order valence-electron chi connectivity index (χ0n) is 12.5. The van der Waals surface area contributed by atoms with E-state index in [1.165, 1.54) is 0 Å². The van der Waals surface area contributed by atoms with Crippen LogP contribution in [0.25, 0.3) is 0 Å². The average Bonchev–Trinajstić information content (AvgIpc) is 2.78. The van der Waals surface area contributed by atoms with Crippen molar-refractivity contribution < 1.29 is 8.42 Å². The van der Waals surface area contributed by atoms with Gasteiger partial charge in [-0.25, -0.2) is 18.1 Å². The molecule has 0 amide bonds. The van der Waals surface area contributed by atoms with Crippen molar-refractivity contribution in [2.24, 2.45) is 11.3 Å². The van der Waals surface area contributed by atoms with Crippen LogP contribution in [0.5, 0.6) is 0 Å². The zero-order valence-corrected chi connectivity index (χ0v) is 14.1. The maximum atomic E-state index is 12.2. The first-order valence-electron chi connectivity index (χ1n) is 6.66. The van der Waals surface area contributed by atoms with Crippen molar-refractivity contribution in [3.8, 4) is 0 Å². The molecule has 2 unspecified atom stereocenters. The number of hydrogen-bond donors (Lipinski definition) is 1. The molecule has 1 aromatic rings. The zero-order chi connectivity index (χ0) is 15.4. The summed E-state index contributed by atoms with van der Waals surface area (Å²) in [5.41, 5.74) is -0.193. The van der Waals surface area contributed by atoms with Crippen LogP contribution in [0.1, 0.15) is 27.7 Å². The minimum absolute atomic E-state index is 0.0486. The molecule has 0 spiro atoms. The normalized spacial score (nSPS) is 16.1. The molecular weight excluding hydrogens is 298 g/mol. The third-order valence-corrected chi connectivity index (χ3v) is 5.27. The van der Waals surface area contributed by atoms with Gasteiger partial charge in [-0.2, -0.15) is 0 Å². The first-order chi connectivity index (χ1) is 9.14. The molecule has 1 aromatic heterocycles. The number of nitrogens with zero attached hydrogens (tertiary/aromatic N) is 2. The molecular formula is C13H24ClN3O2S. The molecule has 7 heteroatoms. The van der Waals surface area contributed by atoms with Gasteiger partial charge in [-0.05, 0) is 11.3 Å². The van der Waals surface area contributed by atoms with Gasteiger partial charge in [0.15, 0.2) is 0 Å². The molecule has 0 saturated carbocycles. The Morgan fingerprint density at radius 1 is 1.40 bits per heavy atom. The number of halogens is 1. The largest absolute Gasteiger partial charge is 0.336 e. The highest BCUT2D eigenvalue weighted by atomic mass is 35.5. The SMILES string of the molecule is CC(CCl)CS(=O)(=O)NC(Cn1ccnc1)C(C)(C)C. The van der Waals surface area contributed by atoms with Crippen LogP contribution < -0.4 is 4.72 Å². The van der Waals surface area contributed by atoms with Gasteiger partial charge in [0.1, 0.15) is 0 Å². The van der Waals surface area contributed by atoms with Crippen molar-refractivity contribution in [2.75, 3.05) is 11.6 Å². The second-order valence-corrected chi connectivity index (χ2v) is 8.44. The van der Waals surface area contributed by atoms with E-state index in [1.807, 2.05) is 38.5 Å². The Balaban J connectivity index is 2.80. The van der Waals surface area contributed by atoms with E-state index >= 15 is 0 Å². The molecule has 0 aliphatic carbocycles. The predicted octanol–water partition coefficient (Wildman–Crippen LogP) is 2.09. The summed E-state index contributed by atoms with van der Waals surface area (Å²) in [7, 11) is -3.35. The number of hydrogen-bond acceptors (Lipinski definition) is 3. The summed E-state index contributed by atoms with van der Waals surface area (Å²) in [6, 6.07) is -0.204. The quantitative estimate of drug-likeness (QED) is 0.782. The van der Waals surface area contributed by atoms with E-state index in [0.29, 0.717) is 12.4 Å². The Bertz CT molecular complexity index is 494. The third-order valence-electron chi connectivity index (χ3n) is 3.09. The Labute approximate surface area is 126 Å². The fraction of sp³-hybridized carbons (Fsp3) is 0.769. The Morgan fingerprint density at radius 3 is 2.50 bits per heavy atom. The van der Waals surface area contributed by atoms with Crippen LogP contribution in [0.2, 0.25) is 0 Å². The van der Waals surface area contributed by atoms with E-state index in [4.69, 9.17) is 11.6 Å². The lowest BCUT2D eigenvalue weighted by atomic mass is 9.87. The molecule has 1 heterocycles. The van der Waals surface area contributed by atoms with Gasteiger partial charge in [0, 0.05) is 30.9 Å². The predicted molar refractivity (Wildman–Crippen MR) is 82.3 cm³/mol. The van der Waals surface area contributed by atoms with Crippen LogP contribution in [0.3, 0.4) is 0 Å². The van der Waals surface area contributed by atoms with E-state index in [9.17, 15) is 8.42 Å². The third kappa shape index (κ3) is 5.81. The Kier molecular flexibility index (Phi) is 6.04. The van der Waals surface area contributed by atoms with Gasteiger partial charge in [-0.3, -0.25) is 0 Å². The van der Waals surface area contributed by atoms with Gasteiger partial charge < -0.3 is 4.57 Å². The van der Waals surface area contributed by atoms with Crippen LogP contribution in [0.4, 0.5) is 0 Å². The summed E-state index contributed by atoms with van der Waals surface area (Å²) in [4.78, 5) is 3.98. The Hall–Kier alpha value is -0.590. The highest BCUT2D eigenvalue weighted by molar-refractivity contribution is 7.89. The first-order valence-corrected chi connectivity index (χ1v) is 8.84. The number of nitrogens with one attached hydrogen (secondary N) is 1. The smallest absolute Gasteiger partial charge is 0.212 e. The van der Waals surface area contributed by atoms with Gasteiger partial charge in [0.25, 0.3) is 0 Å². The number of imidazole rings is 1. The minimum atomic E-state index is -3.35. The van der Waals surface area contributed by atoms with Gasteiger partial charge in [0.05, 0.1) is 12.1 Å². The lowest BCUT2D eigenvalue weighted by molar-refractivity contribution is 0.270. The lowest BCUT2D eigenvalue weighted by Gasteiger charge is -2.31. The second kappa shape index (κ2) is 6.91. The topological polar surface area (TPSA) is 64.0 Å². The van der Waals surface area contributed by atoms with Crippen molar-refractivity contribution in [3.63, 3.8) is 0 Å². The molecule has 0 bridgehead atoms. The maximum absolute atomic E-state index is 12.2. The van der Waals surface area contributed by atoms with E-state index in [2.05, 4.69) is 9.71 Å². The molecule has 0 fully saturated rings. The summed E-state index contributed by atoms with van der Waals surface area (Å²) in [5, 5.41) is 0. The van der Waals surface area contributed by atoms with Crippen LogP contribution in [-0.2, 0) is 16.6 Å². The molecule has 1 N–H and O–H groups in total. The van der Waals surface area contributed by atoms with Crippen molar-refractivity contribution in [1.29, 1.82) is 0 Å². The van der Waals surface area contributed by atoms with Crippen molar-refractivity contribution >= 4 is 21.6 Å². The van der Waals surface area contributed by atoms with Crippen LogP contribution in [0, 0.1) is 11.3 Å². The summed E-state index contributed by atoms with van der Waals surface area (Å²) in [6.45, 7) is 8.43. The highest BCUT2D eigenvalue weighted by Crippen LogP contribution is 2.22. The molecule has 0 radical (unpaired) electrons. The van der Waals surface area contributed by atoms with Crippen LogP contribution in [-0.4, -0.2) is 35.6 Å². The highest BCUT2D eigenvalue weighted by Gasteiger charge is 2.29. The molecule has 1 rings (SSSR count). The molecule has 0 aliphatic rings. The number of rotatable bonds is 7. The van der Waals surface area contributed by atoms with E-state index < -0.39 is 10.0 Å². The van der Waals surface area contributed by atoms with E-state index in [-0.39, 0.29) is 23.1 Å². The van der Waals surface area contributed by atoms with Gasteiger partial charge in [-0.15, -0.1) is 11.6 Å². The molecule has 0 saturated heterocycles. The van der Waals surface area contributed by atoms with E-state index in [1.54, 1.807) is 12.5 Å². The second-order valence-electron chi connectivity index (χ2n) is 6.34. The summed E-state index contributed by atoms with van der Waals surface area (Å²) in [6.07, 6.45) is 5.20. The molecule has 2 atom stereocenters. The van der Waals surface area contributed by atoms with Crippen LogP contribution in [0.15, 0.2) is 18.7 Å². The summed E-state index contributed by atoms with van der Waals surface area (Å²) >= 11 is 5.70. The lowest BCUT2D eigenvalue weighted by Crippen LogP contribution is -2.47. The summed E-state index contributed by atoms with van der Waals surface area (Å²) < 4.78 is 29.1. The molecule has 0 aromatic carbocycles. The number of alkyl halides is 1. The van der Waals surface area contributed by atoms with Crippen molar-refractivity contribution in [1.82, 2.24) is 14.3 Å². The number of sulfonamides is 1. The molecule has 116 valence electrons. The van der Waals surface area contributed by atoms with Gasteiger partial charge >= 0.3 is 0 Å². The van der Waals surface area contributed by atoms with Gasteiger partial charge in [-0.1, -0.05) is 27.7 Å². The van der Waals surface area contributed by atoms with Crippen molar-refractivity contribution in [3.05, 3.63) is 18.7 Å². The fourth-order valence-electron chi connectivity index (χ4n) is 1.78. The monoisotopic (exact) mass is 321 g/mol. The van der Waals surface area contributed by atoms with Crippen molar-refractivity contribution in [2.45, 2.75) is 40.3 Å². The maximum Gasteiger partial charge on any atom is 0.212 e. The minimum Gasteiger partial charge on any atom is -0.336 e. The standard InChI is InChI=1S/C13H24ClN3O2S/c1-11(7-14)9-20(18,19)16-12(13(2,3)4)8-17-6-5-15-10-17/h5-6,10-12,16H,7-9H2,1-4H3. The fourth-order valence-corrected chi connectivity index (χ4v) is 3.84. The summed E-state index contributed by atoms with van der Waals surface area (Å²) in [5.74, 6) is 0.318. The van der Waals surface area contributed by atoms with Gasteiger partial charge in [0.2, 0.25) is 10.0 Å². The average molecular weight is 322 g/mol. The van der Waals surface area contributed by atoms with Crippen LogP contribution >= 0.6 is 11.6 Å². The number of aromatic nitrogens is 2. The molecule has 5 nitrogen and oxygen atoms in total. The molecule has 20 heavy (non-hydrogen) atoms. The Morgan fingerprint density at radius 2 is 2.05 bits per heavy atom. The molecule has 0 aliphatic heterocycles. The first kappa shape index (κ1) is 17.5. The van der Waals surface area contributed by atoms with E-state index in [0.717, 1.165) is 0 Å².